The number of hydrogen-bond acceptors (Lipinski definition) is 5. The number of fused-ring (bicyclic) bond motifs is 1. The Hall–Kier alpha value is -2.13. The zero-order chi connectivity index (χ0) is 21.3. The minimum atomic E-state index is -0.891. The molecule has 4 rings (SSSR count). The van der Waals surface area contributed by atoms with Gasteiger partial charge in [-0.05, 0) is 19.2 Å². The molecule has 0 unspecified atom stereocenters. The molecular weight excluding hydrogens is 406 g/mol. The number of piperazine rings is 2. The number of carboxylic acids is 1. The van der Waals surface area contributed by atoms with Crippen molar-refractivity contribution in [3.05, 3.63) is 35.0 Å². The van der Waals surface area contributed by atoms with Crippen LogP contribution in [0.2, 0.25) is 5.02 Å². The van der Waals surface area contributed by atoms with Gasteiger partial charge in [0.2, 0.25) is 5.91 Å². The highest BCUT2D eigenvalue weighted by atomic mass is 35.5. The number of carbonyl (C=O) groups is 2. The van der Waals surface area contributed by atoms with Crippen molar-refractivity contribution in [2.75, 3.05) is 66.0 Å². The summed E-state index contributed by atoms with van der Waals surface area (Å²) in [6.45, 7) is 6.27. The lowest BCUT2D eigenvalue weighted by atomic mass is 10.0. The standard InChI is InChI=1S/C21H28ClN5O3/c1-24-5-9-26(10-6-24)18(28)14-25-7-11-27(12-8-25)20(21(29)30)15-13-23-17-4-2-3-16(22)19(15)17/h2-4,13,20,23H,5-12,14H2,1H3,(H,29,30)/t20-/m0/s1. The molecule has 3 heterocycles. The summed E-state index contributed by atoms with van der Waals surface area (Å²) in [5, 5.41) is 11.3. The molecule has 0 spiro atoms. The zero-order valence-corrected chi connectivity index (χ0v) is 17.9. The van der Waals surface area contributed by atoms with E-state index in [0.717, 1.165) is 37.1 Å². The average Bonchev–Trinajstić information content (AvgIpc) is 3.15. The predicted octanol–water partition coefficient (Wildman–Crippen LogP) is 1.34. The van der Waals surface area contributed by atoms with Gasteiger partial charge in [0.1, 0.15) is 6.04 Å². The average molecular weight is 434 g/mol. The fourth-order valence-corrected chi connectivity index (χ4v) is 4.68. The number of aromatic nitrogens is 1. The smallest absolute Gasteiger partial charge is 0.325 e. The van der Waals surface area contributed by atoms with Crippen molar-refractivity contribution in [1.82, 2.24) is 24.6 Å². The highest BCUT2D eigenvalue weighted by Crippen LogP contribution is 2.33. The number of H-pyrrole nitrogens is 1. The van der Waals surface area contributed by atoms with Gasteiger partial charge in [-0.1, -0.05) is 17.7 Å². The third-order valence-corrected chi connectivity index (χ3v) is 6.52. The number of rotatable bonds is 5. The van der Waals surface area contributed by atoms with Gasteiger partial charge in [-0.15, -0.1) is 0 Å². The van der Waals surface area contributed by atoms with Crippen LogP contribution in [0.3, 0.4) is 0 Å². The molecule has 2 fully saturated rings. The monoisotopic (exact) mass is 433 g/mol. The Balaban J connectivity index is 1.40. The number of hydrogen-bond donors (Lipinski definition) is 2. The quantitative estimate of drug-likeness (QED) is 0.740. The van der Waals surface area contributed by atoms with E-state index < -0.39 is 12.0 Å². The molecule has 1 aromatic heterocycles. The Bertz CT molecular complexity index is 917. The molecule has 8 nitrogen and oxygen atoms in total. The number of nitrogens with one attached hydrogen (secondary N) is 1. The minimum absolute atomic E-state index is 0.162. The maximum absolute atomic E-state index is 12.6. The Labute approximate surface area is 181 Å². The van der Waals surface area contributed by atoms with Crippen LogP contribution in [0.4, 0.5) is 0 Å². The number of halogens is 1. The van der Waals surface area contributed by atoms with Crippen LogP contribution in [0.25, 0.3) is 10.9 Å². The van der Waals surface area contributed by atoms with E-state index in [2.05, 4.69) is 21.8 Å². The Morgan fingerprint density at radius 2 is 1.80 bits per heavy atom. The van der Waals surface area contributed by atoms with Crippen LogP contribution in [0, 0.1) is 0 Å². The van der Waals surface area contributed by atoms with Crippen molar-refractivity contribution in [3.8, 4) is 0 Å². The molecule has 1 atom stereocenters. The van der Waals surface area contributed by atoms with Gasteiger partial charge < -0.3 is 19.9 Å². The van der Waals surface area contributed by atoms with Crippen LogP contribution >= 0.6 is 11.6 Å². The van der Waals surface area contributed by atoms with Gasteiger partial charge >= 0.3 is 5.97 Å². The van der Waals surface area contributed by atoms with E-state index >= 15 is 0 Å². The molecule has 0 bridgehead atoms. The molecule has 2 N–H and O–H groups in total. The van der Waals surface area contributed by atoms with E-state index in [1.165, 1.54) is 0 Å². The molecule has 2 aromatic rings. The second kappa shape index (κ2) is 8.93. The van der Waals surface area contributed by atoms with Crippen LogP contribution in [-0.4, -0.2) is 108 Å². The normalized spacial score (nSPS) is 20.5. The third-order valence-electron chi connectivity index (χ3n) is 6.20. The number of amides is 1. The van der Waals surface area contributed by atoms with Gasteiger partial charge in [0.15, 0.2) is 0 Å². The molecule has 2 aliphatic heterocycles. The molecule has 2 aliphatic rings. The molecule has 162 valence electrons. The number of benzene rings is 1. The van der Waals surface area contributed by atoms with Gasteiger partial charge in [0.25, 0.3) is 0 Å². The Morgan fingerprint density at radius 3 is 2.47 bits per heavy atom. The second-order valence-electron chi connectivity index (χ2n) is 8.14. The molecule has 0 saturated carbocycles. The minimum Gasteiger partial charge on any atom is -0.480 e. The summed E-state index contributed by atoms with van der Waals surface area (Å²) in [5.74, 6) is -0.729. The lowest BCUT2D eigenvalue weighted by Crippen LogP contribution is -2.54. The van der Waals surface area contributed by atoms with Crippen LogP contribution in [-0.2, 0) is 9.59 Å². The van der Waals surface area contributed by atoms with E-state index in [-0.39, 0.29) is 5.91 Å². The van der Waals surface area contributed by atoms with Crippen molar-refractivity contribution in [2.24, 2.45) is 0 Å². The molecule has 9 heteroatoms. The summed E-state index contributed by atoms with van der Waals surface area (Å²) in [6, 6.07) is 4.75. The van der Waals surface area contributed by atoms with E-state index in [0.29, 0.717) is 43.3 Å². The summed E-state index contributed by atoms with van der Waals surface area (Å²) in [4.78, 5) is 36.2. The summed E-state index contributed by atoms with van der Waals surface area (Å²) in [5.41, 5.74) is 1.52. The lowest BCUT2D eigenvalue weighted by molar-refractivity contribution is -0.145. The summed E-state index contributed by atoms with van der Waals surface area (Å²) < 4.78 is 0. The molecule has 2 saturated heterocycles. The van der Waals surface area contributed by atoms with Crippen LogP contribution in [0.5, 0.6) is 0 Å². The highest BCUT2D eigenvalue weighted by molar-refractivity contribution is 6.35. The number of aromatic amines is 1. The van der Waals surface area contributed by atoms with Crippen LogP contribution in [0.15, 0.2) is 24.4 Å². The number of aliphatic carboxylic acids is 1. The Morgan fingerprint density at radius 1 is 1.10 bits per heavy atom. The molecule has 30 heavy (non-hydrogen) atoms. The summed E-state index contributed by atoms with van der Waals surface area (Å²) in [7, 11) is 2.07. The summed E-state index contributed by atoms with van der Waals surface area (Å²) >= 11 is 6.37. The molecule has 1 amide bonds. The first-order chi connectivity index (χ1) is 14.4. The van der Waals surface area contributed by atoms with Gasteiger partial charge in [0, 0.05) is 75.0 Å². The molecular formula is C21H28ClN5O3. The predicted molar refractivity (Wildman–Crippen MR) is 116 cm³/mol. The van der Waals surface area contributed by atoms with Gasteiger partial charge in [-0.25, -0.2) is 0 Å². The van der Waals surface area contributed by atoms with Crippen molar-refractivity contribution in [2.45, 2.75) is 6.04 Å². The maximum Gasteiger partial charge on any atom is 0.325 e. The van der Waals surface area contributed by atoms with E-state index in [1.54, 1.807) is 12.3 Å². The number of carbonyl (C=O) groups excluding carboxylic acids is 1. The molecule has 0 radical (unpaired) electrons. The lowest BCUT2D eigenvalue weighted by Gasteiger charge is -2.39. The van der Waals surface area contributed by atoms with Crippen molar-refractivity contribution < 1.29 is 14.7 Å². The first-order valence-corrected chi connectivity index (χ1v) is 10.7. The Kier molecular flexibility index (Phi) is 6.29. The van der Waals surface area contributed by atoms with Crippen molar-refractivity contribution in [1.29, 1.82) is 0 Å². The largest absolute Gasteiger partial charge is 0.480 e. The first-order valence-electron chi connectivity index (χ1n) is 10.3. The molecule has 1 aromatic carbocycles. The fraction of sp³-hybridized carbons (Fsp3) is 0.524. The molecule has 0 aliphatic carbocycles. The van der Waals surface area contributed by atoms with Crippen molar-refractivity contribution >= 4 is 34.4 Å². The number of carboxylic acid groups (broad SMARTS) is 1. The topological polar surface area (TPSA) is 83.1 Å². The van der Waals surface area contributed by atoms with Gasteiger partial charge in [-0.3, -0.25) is 19.4 Å². The van der Waals surface area contributed by atoms with Crippen LogP contribution in [0.1, 0.15) is 11.6 Å². The fourth-order valence-electron chi connectivity index (χ4n) is 4.39. The van der Waals surface area contributed by atoms with E-state index in [4.69, 9.17) is 11.6 Å². The first kappa shape index (κ1) is 21.1. The SMILES string of the molecule is CN1CCN(C(=O)CN2CCN([C@H](C(=O)O)c3c[nH]c4cccc(Cl)c34)CC2)CC1. The van der Waals surface area contributed by atoms with Crippen LogP contribution < -0.4 is 0 Å². The zero-order valence-electron chi connectivity index (χ0n) is 17.2. The van der Waals surface area contributed by atoms with E-state index in [1.807, 2.05) is 21.9 Å². The highest BCUT2D eigenvalue weighted by Gasteiger charge is 2.33. The number of nitrogens with zero attached hydrogens (tertiary/aromatic N) is 4. The second-order valence-corrected chi connectivity index (χ2v) is 8.55. The number of likely N-dealkylation sites (N-methyl/N-ethyl adjacent to an activating group) is 1. The summed E-state index contributed by atoms with van der Waals surface area (Å²) in [6.07, 6.45) is 1.75. The third kappa shape index (κ3) is 4.32. The van der Waals surface area contributed by atoms with Crippen molar-refractivity contribution in [3.63, 3.8) is 0 Å². The van der Waals surface area contributed by atoms with Gasteiger partial charge in [-0.2, -0.15) is 0 Å². The van der Waals surface area contributed by atoms with Gasteiger partial charge in [0.05, 0.1) is 11.6 Å². The van der Waals surface area contributed by atoms with E-state index in [9.17, 15) is 14.7 Å². The maximum atomic E-state index is 12.6.